The summed E-state index contributed by atoms with van der Waals surface area (Å²) in [7, 11) is 0. The monoisotopic (exact) mass is 345 g/mol. The molecule has 0 bridgehead atoms. The van der Waals surface area contributed by atoms with Gasteiger partial charge < -0.3 is 10.5 Å². The lowest BCUT2D eigenvalue weighted by Crippen LogP contribution is -1.99. The molecule has 0 saturated heterocycles. The molecule has 0 saturated carbocycles. The van der Waals surface area contributed by atoms with Crippen LogP contribution >= 0.6 is 39.1 Å². The van der Waals surface area contributed by atoms with Crippen molar-refractivity contribution in [2.24, 2.45) is 5.73 Å². The number of halogens is 3. The zero-order valence-electron chi connectivity index (χ0n) is 9.29. The Morgan fingerprint density at radius 3 is 2.33 bits per heavy atom. The van der Waals surface area contributed by atoms with Crippen molar-refractivity contribution >= 4 is 39.1 Å². The second-order valence-electron chi connectivity index (χ2n) is 3.66. The Hall–Kier alpha value is -0.740. The van der Waals surface area contributed by atoms with Crippen molar-refractivity contribution in [2.45, 2.75) is 6.54 Å². The second kappa shape index (κ2) is 5.93. The van der Waals surface area contributed by atoms with E-state index in [1.807, 2.05) is 18.2 Å². The molecular weight excluding hydrogens is 337 g/mol. The summed E-state index contributed by atoms with van der Waals surface area (Å²) in [6, 6.07) is 10.7. The van der Waals surface area contributed by atoms with Crippen molar-refractivity contribution in [3.05, 3.63) is 56.5 Å². The Labute approximate surface area is 124 Å². The summed E-state index contributed by atoms with van der Waals surface area (Å²) < 4.78 is 6.71. The molecule has 0 aliphatic heterocycles. The molecule has 2 N–H and O–H groups in total. The van der Waals surface area contributed by atoms with Gasteiger partial charge in [-0.1, -0.05) is 39.1 Å². The first-order chi connectivity index (χ1) is 8.58. The average Bonchev–Trinajstić information content (AvgIpc) is 2.30. The van der Waals surface area contributed by atoms with Crippen LogP contribution in [0.1, 0.15) is 5.56 Å². The van der Waals surface area contributed by atoms with Gasteiger partial charge in [0.15, 0.2) is 0 Å². The summed E-state index contributed by atoms with van der Waals surface area (Å²) in [6.45, 7) is 0.392. The SMILES string of the molecule is NCc1cc(Br)ccc1Oc1cc(Cl)cc(Cl)c1. The molecule has 94 valence electrons. The first kappa shape index (κ1) is 13.7. The van der Waals surface area contributed by atoms with Crippen molar-refractivity contribution in [3.63, 3.8) is 0 Å². The molecule has 0 unspecified atom stereocenters. The average molecular weight is 347 g/mol. The third-order valence-electron chi connectivity index (χ3n) is 2.31. The van der Waals surface area contributed by atoms with Crippen molar-refractivity contribution in [1.29, 1.82) is 0 Å². The van der Waals surface area contributed by atoms with Crippen LogP contribution in [0.3, 0.4) is 0 Å². The molecule has 5 heteroatoms. The van der Waals surface area contributed by atoms with E-state index < -0.39 is 0 Å². The van der Waals surface area contributed by atoms with E-state index >= 15 is 0 Å². The minimum absolute atomic E-state index is 0.392. The fourth-order valence-electron chi connectivity index (χ4n) is 1.52. The van der Waals surface area contributed by atoms with Crippen LogP contribution < -0.4 is 10.5 Å². The Morgan fingerprint density at radius 2 is 1.72 bits per heavy atom. The Morgan fingerprint density at radius 1 is 1.06 bits per heavy atom. The van der Waals surface area contributed by atoms with Crippen LogP contribution in [0.15, 0.2) is 40.9 Å². The van der Waals surface area contributed by atoms with E-state index in [9.17, 15) is 0 Å². The fourth-order valence-corrected chi connectivity index (χ4v) is 2.44. The summed E-state index contributed by atoms with van der Waals surface area (Å²) in [5.41, 5.74) is 6.58. The van der Waals surface area contributed by atoms with Crippen LogP contribution in [0.2, 0.25) is 10.0 Å². The maximum atomic E-state index is 5.92. The predicted molar refractivity (Wildman–Crippen MR) is 78.6 cm³/mol. The summed E-state index contributed by atoms with van der Waals surface area (Å²) in [5, 5.41) is 1.06. The third-order valence-corrected chi connectivity index (χ3v) is 3.24. The Balaban J connectivity index is 2.33. The lowest BCUT2D eigenvalue weighted by molar-refractivity contribution is 0.476. The first-order valence-electron chi connectivity index (χ1n) is 5.21. The van der Waals surface area contributed by atoms with Crippen LogP contribution in [0.4, 0.5) is 0 Å². The van der Waals surface area contributed by atoms with Gasteiger partial charge in [0.1, 0.15) is 11.5 Å². The minimum atomic E-state index is 0.392. The molecule has 0 amide bonds. The molecule has 0 atom stereocenters. The van der Waals surface area contributed by atoms with Crippen LogP contribution in [-0.4, -0.2) is 0 Å². The normalized spacial score (nSPS) is 10.4. The molecule has 0 spiro atoms. The van der Waals surface area contributed by atoms with E-state index in [4.69, 9.17) is 33.7 Å². The molecule has 2 aromatic rings. The number of benzene rings is 2. The predicted octanol–water partition coefficient (Wildman–Crippen LogP) is 5.01. The first-order valence-corrected chi connectivity index (χ1v) is 6.76. The topological polar surface area (TPSA) is 35.2 Å². The molecule has 0 radical (unpaired) electrons. The zero-order valence-corrected chi connectivity index (χ0v) is 12.4. The highest BCUT2D eigenvalue weighted by Gasteiger charge is 2.06. The molecular formula is C13H10BrCl2NO. The number of ether oxygens (including phenoxy) is 1. The molecule has 2 rings (SSSR count). The third kappa shape index (κ3) is 3.39. The maximum Gasteiger partial charge on any atom is 0.131 e. The van der Waals surface area contributed by atoms with Gasteiger partial charge in [-0.3, -0.25) is 0 Å². The zero-order chi connectivity index (χ0) is 13.1. The summed E-state index contributed by atoms with van der Waals surface area (Å²) in [4.78, 5) is 0. The smallest absolute Gasteiger partial charge is 0.131 e. The van der Waals surface area contributed by atoms with Gasteiger partial charge in [0.05, 0.1) is 0 Å². The van der Waals surface area contributed by atoms with Gasteiger partial charge in [-0.15, -0.1) is 0 Å². The van der Waals surface area contributed by atoms with Gasteiger partial charge in [-0.25, -0.2) is 0 Å². The number of nitrogens with two attached hydrogens (primary N) is 1. The van der Waals surface area contributed by atoms with E-state index in [1.165, 1.54) is 0 Å². The maximum absolute atomic E-state index is 5.92. The molecule has 2 nitrogen and oxygen atoms in total. The molecule has 0 aromatic heterocycles. The molecule has 18 heavy (non-hydrogen) atoms. The Kier molecular flexibility index (Phi) is 4.51. The van der Waals surface area contributed by atoms with E-state index in [-0.39, 0.29) is 0 Å². The van der Waals surface area contributed by atoms with Gasteiger partial charge in [-0.05, 0) is 36.4 Å². The second-order valence-corrected chi connectivity index (χ2v) is 5.45. The fraction of sp³-hybridized carbons (Fsp3) is 0.0769. The number of rotatable bonds is 3. The summed E-state index contributed by atoms with van der Waals surface area (Å²) >= 11 is 15.2. The van der Waals surface area contributed by atoms with Gasteiger partial charge in [-0.2, -0.15) is 0 Å². The molecule has 0 fully saturated rings. The lowest BCUT2D eigenvalue weighted by Gasteiger charge is -2.11. The van der Waals surface area contributed by atoms with Crippen LogP contribution in [-0.2, 0) is 6.54 Å². The van der Waals surface area contributed by atoms with Crippen molar-refractivity contribution in [2.75, 3.05) is 0 Å². The minimum Gasteiger partial charge on any atom is -0.457 e. The molecule has 0 aliphatic rings. The van der Waals surface area contributed by atoms with Gasteiger partial charge in [0.2, 0.25) is 0 Å². The highest BCUT2D eigenvalue weighted by Crippen LogP contribution is 2.31. The van der Waals surface area contributed by atoms with Crippen LogP contribution in [0.5, 0.6) is 11.5 Å². The lowest BCUT2D eigenvalue weighted by atomic mass is 10.2. The number of hydrogen-bond acceptors (Lipinski definition) is 2. The largest absolute Gasteiger partial charge is 0.457 e. The molecule has 2 aromatic carbocycles. The van der Waals surface area contributed by atoms with E-state index in [0.717, 1.165) is 10.0 Å². The van der Waals surface area contributed by atoms with E-state index in [1.54, 1.807) is 18.2 Å². The summed E-state index contributed by atoms with van der Waals surface area (Å²) in [5.74, 6) is 1.28. The van der Waals surface area contributed by atoms with Crippen molar-refractivity contribution in [1.82, 2.24) is 0 Å². The van der Waals surface area contributed by atoms with Gasteiger partial charge in [0.25, 0.3) is 0 Å². The van der Waals surface area contributed by atoms with Crippen molar-refractivity contribution < 1.29 is 4.74 Å². The van der Waals surface area contributed by atoms with Crippen molar-refractivity contribution in [3.8, 4) is 11.5 Å². The highest BCUT2D eigenvalue weighted by atomic mass is 79.9. The Bertz CT molecular complexity index is 555. The molecule has 0 aliphatic carbocycles. The quantitative estimate of drug-likeness (QED) is 0.848. The van der Waals surface area contributed by atoms with Crippen LogP contribution in [0, 0.1) is 0 Å². The van der Waals surface area contributed by atoms with Crippen LogP contribution in [0.25, 0.3) is 0 Å². The molecule has 0 heterocycles. The van der Waals surface area contributed by atoms with Gasteiger partial charge >= 0.3 is 0 Å². The summed E-state index contributed by atoms with van der Waals surface area (Å²) in [6.07, 6.45) is 0. The highest BCUT2D eigenvalue weighted by molar-refractivity contribution is 9.10. The number of hydrogen-bond donors (Lipinski definition) is 1. The van der Waals surface area contributed by atoms with E-state index in [2.05, 4.69) is 15.9 Å². The standard InChI is InChI=1S/C13H10BrCl2NO/c14-9-1-2-13(8(3-9)7-17)18-12-5-10(15)4-11(16)6-12/h1-6H,7,17H2. The van der Waals surface area contributed by atoms with E-state index in [0.29, 0.717) is 28.1 Å². The van der Waals surface area contributed by atoms with Gasteiger partial charge in [0, 0.05) is 26.6 Å².